The molecule has 0 radical (unpaired) electrons. The molecule has 0 atom stereocenters. The maximum Gasteiger partial charge on any atom is 0.231 e. The Balaban J connectivity index is 1.96. The van der Waals surface area contributed by atoms with Crippen LogP contribution in [0.25, 0.3) is 22.0 Å². The average molecular weight is 293 g/mol. The molecular formula is C18H15NO3. The van der Waals surface area contributed by atoms with Gasteiger partial charge in [0, 0.05) is 16.6 Å². The maximum atomic E-state index is 5.47. The second kappa shape index (κ2) is 4.91. The number of aryl methyl sites for hydroxylation is 1. The number of benzene rings is 2. The van der Waals surface area contributed by atoms with Gasteiger partial charge in [-0.15, -0.1) is 0 Å². The number of hydrogen-bond donors (Lipinski definition) is 0. The third kappa shape index (κ3) is 2.04. The Kier molecular flexibility index (Phi) is 2.89. The first-order chi connectivity index (χ1) is 10.7. The molecule has 0 saturated heterocycles. The Hall–Kier alpha value is -2.75. The second-order valence-electron chi connectivity index (χ2n) is 5.27. The van der Waals surface area contributed by atoms with E-state index in [-0.39, 0.29) is 6.79 Å². The Morgan fingerprint density at radius 1 is 1.00 bits per heavy atom. The molecule has 2 aromatic carbocycles. The number of nitrogens with zero attached hydrogens (tertiary/aromatic N) is 1. The van der Waals surface area contributed by atoms with Gasteiger partial charge in [0.05, 0.1) is 12.8 Å². The van der Waals surface area contributed by atoms with Crippen molar-refractivity contribution in [2.45, 2.75) is 6.92 Å². The van der Waals surface area contributed by atoms with Crippen LogP contribution in [0.5, 0.6) is 17.2 Å². The van der Waals surface area contributed by atoms with Gasteiger partial charge in [-0.3, -0.25) is 4.98 Å². The number of fused-ring (bicyclic) bond motifs is 2. The van der Waals surface area contributed by atoms with Crippen molar-refractivity contribution in [2.24, 2.45) is 0 Å². The smallest absolute Gasteiger partial charge is 0.231 e. The lowest BCUT2D eigenvalue weighted by Gasteiger charge is -2.10. The molecule has 0 fully saturated rings. The maximum absolute atomic E-state index is 5.47. The van der Waals surface area contributed by atoms with Gasteiger partial charge < -0.3 is 14.2 Å². The van der Waals surface area contributed by atoms with Crippen LogP contribution in [0.3, 0.4) is 0 Å². The molecule has 110 valence electrons. The number of hydrogen-bond acceptors (Lipinski definition) is 4. The second-order valence-corrected chi connectivity index (χ2v) is 5.27. The SMILES string of the molecule is COc1ccc2cc(C)nc(-c3ccc4c(c3)OCO4)c2c1. The van der Waals surface area contributed by atoms with Crippen molar-refractivity contribution in [3.05, 3.63) is 48.2 Å². The molecule has 1 aliphatic rings. The molecule has 0 spiro atoms. The summed E-state index contributed by atoms with van der Waals surface area (Å²) in [5, 5.41) is 2.20. The lowest BCUT2D eigenvalue weighted by molar-refractivity contribution is 0.174. The van der Waals surface area contributed by atoms with E-state index in [1.54, 1.807) is 7.11 Å². The number of ether oxygens (including phenoxy) is 3. The zero-order valence-electron chi connectivity index (χ0n) is 12.4. The van der Waals surface area contributed by atoms with Crippen LogP contribution < -0.4 is 14.2 Å². The molecule has 4 nitrogen and oxygen atoms in total. The van der Waals surface area contributed by atoms with Crippen LogP contribution in [0.1, 0.15) is 5.69 Å². The fourth-order valence-corrected chi connectivity index (χ4v) is 2.75. The van der Waals surface area contributed by atoms with E-state index >= 15 is 0 Å². The summed E-state index contributed by atoms with van der Waals surface area (Å²) in [6.45, 7) is 2.27. The lowest BCUT2D eigenvalue weighted by atomic mass is 10.0. The van der Waals surface area contributed by atoms with Crippen LogP contribution in [-0.4, -0.2) is 18.9 Å². The average Bonchev–Trinajstić information content (AvgIpc) is 3.01. The summed E-state index contributed by atoms with van der Waals surface area (Å²) in [5.41, 5.74) is 2.91. The minimum atomic E-state index is 0.272. The quantitative estimate of drug-likeness (QED) is 0.717. The number of pyridine rings is 1. The zero-order chi connectivity index (χ0) is 15.1. The van der Waals surface area contributed by atoms with Crippen molar-refractivity contribution in [3.8, 4) is 28.5 Å². The number of aromatic nitrogens is 1. The highest BCUT2D eigenvalue weighted by Gasteiger charge is 2.16. The van der Waals surface area contributed by atoms with E-state index < -0.39 is 0 Å². The summed E-state index contributed by atoms with van der Waals surface area (Å²) >= 11 is 0. The van der Waals surface area contributed by atoms with Crippen molar-refractivity contribution in [1.82, 2.24) is 4.98 Å². The van der Waals surface area contributed by atoms with Crippen LogP contribution in [0.2, 0.25) is 0 Å². The van der Waals surface area contributed by atoms with Crippen LogP contribution >= 0.6 is 0 Å². The first kappa shape index (κ1) is 13.0. The molecule has 2 heterocycles. The molecule has 1 aliphatic heterocycles. The first-order valence-electron chi connectivity index (χ1n) is 7.10. The molecule has 0 unspecified atom stereocenters. The van der Waals surface area contributed by atoms with Gasteiger partial charge in [0.2, 0.25) is 6.79 Å². The molecule has 4 heteroatoms. The van der Waals surface area contributed by atoms with Crippen LogP contribution in [0, 0.1) is 6.92 Å². The van der Waals surface area contributed by atoms with Gasteiger partial charge >= 0.3 is 0 Å². The molecule has 22 heavy (non-hydrogen) atoms. The molecular weight excluding hydrogens is 278 g/mol. The van der Waals surface area contributed by atoms with Crippen LogP contribution in [0.4, 0.5) is 0 Å². The predicted molar refractivity (Wildman–Crippen MR) is 84.6 cm³/mol. The summed E-state index contributed by atoms with van der Waals surface area (Å²) < 4.78 is 16.2. The highest BCUT2D eigenvalue weighted by Crippen LogP contribution is 2.38. The van der Waals surface area contributed by atoms with Gasteiger partial charge in [0.1, 0.15) is 5.75 Å². The minimum absolute atomic E-state index is 0.272. The van der Waals surface area contributed by atoms with Crippen LogP contribution in [0.15, 0.2) is 42.5 Å². The molecule has 0 aliphatic carbocycles. The topological polar surface area (TPSA) is 40.6 Å². The van der Waals surface area contributed by atoms with Gasteiger partial charge in [-0.1, -0.05) is 6.07 Å². The van der Waals surface area contributed by atoms with E-state index in [0.717, 1.165) is 45.0 Å². The molecule has 0 N–H and O–H groups in total. The minimum Gasteiger partial charge on any atom is -0.497 e. The monoisotopic (exact) mass is 293 g/mol. The summed E-state index contributed by atoms with van der Waals surface area (Å²) in [7, 11) is 1.67. The fraction of sp³-hybridized carbons (Fsp3) is 0.167. The highest BCUT2D eigenvalue weighted by molar-refractivity contribution is 5.96. The lowest BCUT2D eigenvalue weighted by Crippen LogP contribution is -1.93. The highest BCUT2D eigenvalue weighted by atomic mass is 16.7. The number of methoxy groups -OCH3 is 1. The number of rotatable bonds is 2. The van der Waals surface area contributed by atoms with Gasteiger partial charge in [-0.25, -0.2) is 0 Å². The van der Waals surface area contributed by atoms with E-state index in [0.29, 0.717) is 0 Å². The summed E-state index contributed by atoms with van der Waals surface area (Å²) in [6, 6.07) is 14.0. The largest absolute Gasteiger partial charge is 0.497 e. The van der Waals surface area contributed by atoms with E-state index in [2.05, 4.69) is 12.1 Å². The van der Waals surface area contributed by atoms with Gasteiger partial charge in [0.15, 0.2) is 11.5 Å². The van der Waals surface area contributed by atoms with Gasteiger partial charge in [-0.05, 0) is 48.7 Å². The van der Waals surface area contributed by atoms with Crippen LogP contribution in [-0.2, 0) is 0 Å². The molecule has 0 saturated carbocycles. The van der Waals surface area contributed by atoms with E-state index in [4.69, 9.17) is 19.2 Å². The Bertz CT molecular complexity index is 874. The molecule has 0 bridgehead atoms. The summed E-state index contributed by atoms with van der Waals surface area (Å²) in [6.07, 6.45) is 0. The standard InChI is InChI=1S/C18H15NO3/c1-11-7-12-3-5-14(20-2)9-15(12)18(19-11)13-4-6-16-17(8-13)22-10-21-16/h3-9H,10H2,1-2H3. The Morgan fingerprint density at radius 2 is 1.86 bits per heavy atom. The Morgan fingerprint density at radius 3 is 2.73 bits per heavy atom. The molecule has 4 rings (SSSR count). The van der Waals surface area contributed by atoms with Gasteiger partial charge in [0.25, 0.3) is 0 Å². The third-order valence-corrected chi connectivity index (χ3v) is 3.81. The molecule has 0 amide bonds. The fourth-order valence-electron chi connectivity index (χ4n) is 2.75. The summed E-state index contributed by atoms with van der Waals surface area (Å²) in [4.78, 5) is 4.72. The van der Waals surface area contributed by atoms with Crippen molar-refractivity contribution in [1.29, 1.82) is 0 Å². The molecule has 1 aromatic heterocycles. The zero-order valence-corrected chi connectivity index (χ0v) is 12.4. The van der Waals surface area contributed by atoms with E-state index in [1.165, 1.54) is 0 Å². The van der Waals surface area contributed by atoms with E-state index in [1.807, 2.05) is 37.3 Å². The first-order valence-corrected chi connectivity index (χ1v) is 7.10. The normalized spacial score (nSPS) is 12.6. The van der Waals surface area contributed by atoms with Crippen molar-refractivity contribution in [2.75, 3.05) is 13.9 Å². The van der Waals surface area contributed by atoms with Crippen molar-refractivity contribution >= 4 is 10.8 Å². The molecule has 3 aromatic rings. The predicted octanol–water partition coefficient (Wildman–Crippen LogP) is 3.95. The summed E-state index contributed by atoms with van der Waals surface area (Å²) in [5.74, 6) is 2.36. The van der Waals surface area contributed by atoms with Gasteiger partial charge in [-0.2, -0.15) is 0 Å². The Labute approximate surface area is 128 Å². The van der Waals surface area contributed by atoms with Crippen molar-refractivity contribution in [3.63, 3.8) is 0 Å². The van der Waals surface area contributed by atoms with E-state index in [9.17, 15) is 0 Å². The van der Waals surface area contributed by atoms with Crippen molar-refractivity contribution < 1.29 is 14.2 Å². The third-order valence-electron chi connectivity index (χ3n) is 3.81.